The van der Waals surface area contributed by atoms with E-state index in [9.17, 15) is 12.8 Å². The zero-order valence-electron chi connectivity index (χ0n) is 11.8. The molecule has 1 aromatic rings. The van der Waals surface area contributed by atoms with E-state index in [0.29, 0.717) is 19.1 Å². The summed E-state index contributed by atoms with van der Waals surface area (Å²) in [6.45, 7) is 1.99. The fourth-order valence-electron chi connectivity index (χ4n) is 2.64. The molecule has 21 heavy (non-hydrogen) atoms. The Bertz CT molecular complexity index is 596. The van der Waals surface area contributed by atoms with Crippen molar-refractivity contribution in [1.82, 2.24) is 14.6 Å². The molecule has 1 aromatic heterocycles. The molecule has 2 fully saturated rings. The first kappa shape index (κ1) is 14.9. The van der Waals surface area contributed by atoms with Crippen LogP contribution in [0, 0.1) is 11.7 Å². The van der Waals surface area contributed by atoms with Crippen molar-refractivity contribution in [2.45, 2.75) is 36.6 Å². The zero-order valence-corrected chi connectivity index (χ0v) is 12.7. The van der Waals surface area contributed by atoms with Crippen LogP contribution in [0.15, 0.2) is 23.4 Å². The lowest BCUT2D eigenvalue weighted by molar-refractivity contribution is 0.288. The smallest absolute Gasteiger partial charge is 0.244 e. The number of hydrogen-bond donors (Lipinski definition) is 1. The van der Waals surface area contributed by atoms with Gasteiger partial charge in [0, 0.05) is 25.3 Å². The Morgan fingerprint density at radius 3 is 2.57 bits per heavy atom. The van der Waals surface area contributed by atoms with Crippen LogP contribution in [0.1, 0.15) is 25.7 Å². The van der Waals surface area contributed by atoms with Crippen molar-refractivity contribution < 1.29 is 12.8 Å². The maximum absolute atomic E-state index is 13.2. The Morgan fingerprint density at radius 2 is 1.95 bits per heavy atom. The molecule has 5 nitrogen and oxygen atoms in total. The van der Waals surface area contributed by atoms with Crippen LogP contribution >= 0.6 is 0 Å². The molecule has 7 heteroatoms. The highest BCUT2D eigenvalue weighted by atomic mass is 32.2. The second-order valence-electron chi connectivity index (χ2n) is 5.87. The molecule has 1 aliphatic carbocycles. The Kier molecular flexibility index (Phi) is 4.24. The Morgan fingerprint density at radius 1 is 1.24 bits per heavy atom. The highest BCUT2D eigenvalue weighted by Crippen LogP contribution is 2.28. The van der Waals surface area contributed by atoms with Gasteiger partial charge in [0.15, 0.2) is 0 Å². The van der Waals surface area contributed by atoms with Crippen molar-refractivity contribution in [1.29, 1.82) is 0 Å². The minimum absolute atomic E-state index is 0.0631. The second kappa shape index (κ2) is 5.98. The first-order chi connectivity index (χ1) is 10.1. The van der Waals surface area contributed by atoms with Gasteiger partial charge >= 0.3 is 0 Å². The predicted molar refractivity (Wildman–Crippen MR) is 76.7 cm³/mol. The van der Waals surface area contributed by atoms with Crippen molar-refractivity contribution in [3.8, 4) is 0 Å². The Labute approximate surface area is 124 Å². The normalized spacial score (nSPS) is 21.6. The lowest BCUT2D eigenvalue weighted by Gasteiger charge is -2.31. The molecule has 1 N–H and O–H groups in total. The number of piperidine rings is 1. The third-order valence-corrected chi connectivity index (χ3v) is 6.03. The van der Waals surface area contributed by atoms with Crippen LogP contribution in [0.25, 0.3) is 0 Å². The number of nitrogens with one attached hydrogen (secondary N) is 1. The summed E-state index contributed by atoms with van der Waals surface area (Å²) in [7, 11) is -3.62. The van der Waals surface area contributed by atoms with Crippen molar-refractivity contribution >= 4 is 10.0 Å². The van der Waals surface area contributed by atoms with Gasteiger partial charge in [-0.3, -0.25) is 4.98 Å². The van der Waals surface area contributed by atoms with Gasteiger partial charge in [0.25, 0.3) is 0 Å². The molecule has 0 atom stereocenters. The standard InChI is InChI=1S/C14H20FN3O2S/c15-12-7-14(10-16-9-12)21(19,20)18-5-3-13(4-6-18)17-8-11-1-2-11/h7,9-11,13,17H,1-6,8H2. The summed E-state index contributed by atoms with van der Waals surface area (Å²) in [5.74, 6) is 0.196. The molecule has 1 aliphatic heterocycles. The van der Waals surface area contributed by atoms with Gasteiger partial charge in [-0.15, -0.1) is 0 Å². The van der Waals surface area contributed by atoms with Gasteiger partial charge in [0.2, 0.25) is 10.0 Å². The SMILES string of the molecule is O=S(=O)(c1cncc(F)c1)N1CCC(NCC2CC2)CC1. The molecular weight excluding hydrogens is 293 g/mol. The molecule has 0 bridgehead atoms. The fraction of sp³-hybridized carbons (Fsp3) is 0.643. The second-order valence-corrected chi connectivity index (χ2v) is 7.81. The molecular formula is C14H20FN3O2S. The van der Waals surface area contributed by atoms with Gasteiger partial charge in [-0.2, -0.15) is 4.31 Å². The number of pyridine rings is 1. The van der Waals surface area contributed by atoms with Crippen LogP contribution in [0.5, 0.6) is 0 Å². The monoisotopic (exact) mass is 313 g/mol. The van der Waals surface area contributed by atoms with Crippen molar-refractivity contribution in [2.24, 2.45) is 5.92 Å². The van der Waals surface area contributed by atoms with Gasteiger partial charge in [0.05, 0.1) is 6.20 Å². The largest absolute Gasteiger partial charge is 0.314 e. The average molecular weight is 313 g/mol. The maximum Gasteiger partial charge on any atom is 0.244 e. The van der Waals surface area contributed by atoms with E-state index in [2.05, 4.69) is 10.3 Å². The first-order valence-electron chi connectivity index (χ1n) is 7.40. The fourth-order valence-corrected chi connectivity index (χ4v) is 4.08. The number of hydrogen-bond acceptors (Lipinski definition) is 4. The summed E-state index contributed by atoms with van der Waals surface area (Å²) < 4.78 is 39.4. The number of halogens is 1. The summed E-state index contributed by atoms with van der Waals surface area (Å²) in [6, 6.07) is 1.42. The van der Waals surface area contributed by atoms with E-state index in [1.165, 1.54) is 23.3 Å². The van der Waals surface area contributed by atoms with Crippen molar-refractivity contribution in [2.75, 3.05) is 19.6 Å². The molecule has 3 rings (SSSR count). The summed E-state index contributed by atoms with van der Waals surface area (Å²) in [5.41, 5.74) is 0. The predicted octanol–water partition coefficient (Wildman–Crippen LogP) is 1.37. The molecule has 0 unspecified atom stereocenters. The van der Waals surface area contributed by atoms with Crippen molar-refractivity contribution in [3.05, 3.63) is 24.3 Å². The van der Waals surface area contributed by atoms with Gasteiger partial charge in [0.1, 0.15) is 10.7 Å². The highest BCUT2D eigenvalue weighted by Gasteiger charge is 2.30. The topological polar surface area (TPSA) is 62.3 Å². The molecule has 0 aromatic carbocycles. The van der Waals surface area contributed by atoms with E-state index in [4.69, 9.17) is 0 Å². The van der Waals surface area contributed by atoms with Gasteiger partial charge < -0.3 is 5.32 Å². The third-order valence-electron chi connectivity index (χ3n) is 4.16. The minimum Gasteiger partial charge on any atom is -0.314 e. The molecule has 1 saturated heterocycles. The first-order valence-corrected chi connectivity index (χ1v) is 8.84. The molecule has 2 heterocycles. The van der Waals surface area contributed by atoms with Crippen molar-refractivity contribution in [3.63, 3.8) is 0 Å². The van der Waals surface area contributed by atoms with E-state index < -0.39 is 15.8 Å². The van der Waals surface area contributed by atoms with E-state index in [-0.39, 0.29) is 4.90 Å². The third kappa shape index (κ3) is 3.59. The lowest BCUT2D eigenvalue weighted by Crippen LogP contribution is -2.45. The van der Waals surface area contributed by atoms with Crippen LogP contribution in [0.4, 0.5) is 4.39 Å². The van der Waals surface area contributed by atoms with E-state index >= 15 is 0 Å². The average Bonchev–Trinajstić information content (AvgIpc) is 3.30. The van der Waals surface area contributed by atoms with Crippen LogP contribution in [-0.2, 0) is 10.0 Å². The van der Waals surface area contributed by atoms with Gasteiger partial charge in [-0.25, -0.2) is 12.8 Å². The summed E-state index contributed by atoms with van der Waals surface area (Å²) >= 11 is 0. The van der Waals surface area contributed by atoms with Gasteiger partial charge in [-0.05, 0) is 44.2 Å². The Hall–Kier alpha value is -1.05. The van der Waals surface area contributed by atoms with Crippen LogP contribution < -0.4 is 5.32 Å². The zero-order chi connectivity index (χ0) is 14.9. The number of nitrogens with zero attached hydrogens (tertiary/aromatic N) is 2. The Balaban J connectivity index is 1.59. The minimum atomic E-state index is -3.62. The maximum atomic E-state index is 13.2. The van der Waals surface area contributed by atoms with Crippen LogP contribution in [0.2, 0.25) is 0 Å². The summed E-state index contributed by atoms with van der Waals surface area (Å²) in [4.78, 5) is 3.56. The molecule has 116 valence electrons. The number of sulfonamides is 1. The quantitative estimate of drug-likeness (QED) is 0.892. The highest BCUT2D eigenvalue weighted by molar-refractivity contribution is 7.89. The van der Waals surface area contributed by atoms with E-state index in [1.54, 1.807) is 0 Å². The molecule has 0 radical (unpaired) electrons. The van der Waals surface area contributed by atoms with E-state index in [0.717, 1.165) is 37.6 Å². The summed E-state index contributed by atoms with van der Waals surface area (Å²) in [5, 5.41) is 3.51. The molecule has 0 amide bonds. The molecule has 2 aliphatic rings. The van der Waals surface area contributed by atoms with E-state index in [1.807, 2.05) is 0 Å². The van der Waals surface area contributed by atoms with Crippen LogP contribution in [0.3, 0.4) is 0 Å². The van der Waals surface area contributed by atoms with Gasteiger partial charge in [-0.1, -0.05) is 0 Å². The number of rotatable bonds is 5. The molecule has 1 saturated carbocycles. The lowest BCUT2D eigenvalue weighted by atomic mass is 10.1. The summed E-state index contributed by atoms with van der Waals surface area (Å²) in [6.07, 6.45) is 6.44. The molecule has 0 spiro atoms. The number of aromatic nitrogens is 1. The van der Waals surface area contributed by atoms with Crippen LogP contribution in [-0.4, -0.2) is 43.4 Å².